The number of halogens is 1. The van der Waals surface area contributed by atoms with Crippen LogP contribution >= 0.6 is 22.9 Å². The Morgan fingerprint density at radius 1 is 1.44 bits per heavy atom. The fourth-order valence-corrected chi connectivity index (χ4v) is 2.79. The Morgan fingerprint density at radius 3 is 2.88 bits per heavy atom. The molecule has 84 valence electrons. The summed E-state index contributed by atoms with van der Waals surface area (Å²) in [5.74, 6) is 0. The molecule has 16 heavy (non-hydrogen) atoms. The van der Waals surface area contributed by atoms with Gasteiger partial charge >= 0.3 is 0 Å². The van der Waals surface area contributed by atoms with Crippen molar-refractivity contribution < 1.29 is 0 Å². The molecule has 2 rings (SSSR count). The zero-order valence-electron chi connectivity index (χ0n) is 8.98. The molecule has 0 radical (unpaired) electrons. The standard InChI is InChI=1S/C12H13ClN2S/c1-14-10(11-4-5-12(13)16-11)7-9-3-2-6-15-8-9/h2-6,8,10,14H,7H2,1H3. The molecule has 0 saturated carbocycles. The average molecular weight is 253 g/mol. The number of thiophene rings is 1. The molecule has 0 aliphatic rings. The minimum atomic E-state index is 0.307. The van der Waals surface area contributed by atoms with Crippen molar-refractivity contribution in [2.75, 3.05) is 7.05 Å². The third-order valence-corrected chi connectivity index (χ3v) is 3.79. The van der Waals surface area contributed by atoms with E-state index in [1.807, 2.05) is 25.4 Å². The first-order valence-electron chi connectivity index (χ1n) is 5.11. The summed E-state index contributed by atoms with van der Waals surface area (Å²) < 4.78 is 0.835. The van der Waals surface area contributed by atoms with E-state index in [0.717, 1.165) is 10.8 Å². The van der Waals surface area contributed by atoms with Gasteiger partial charge in [-0.25, -0.2) is 0 Å². The molecule has 4 heteroatoms. The molecule has 2 heterocycles. The summed E-state index contributed by atoms with van der Waals surface area (Å²) in [7, 11) is 1.97. The molecule has 0 aliphatic heterocycles. The van der Waals surface area contributed by atoms with Gasteiger partial charge in [-0.05, 0) is 37.2 Å². The Balaban J connectivity index is 2.12. The Kier molecular flexibility index (Phi) is 3.93. The monoisotopic (exact) mass is 252 g/mol. The van der Waals surface area contributed by atoms with Crippen LogP contribution in [-0.4, -0.2) is 12.0 Å². The number of nitrogens with zero attached hydrogens (tertiary/aromatic N) is 1. The van der Waals surface area contributed by atoms with Gasteiger partial charge in [-0.3, -0.25) is 4.98 Å². The van der Waals surface area contributed by atoms with Gasteiger partial charge in [-0.15, -0.1) is 11.3 Å². The Morgan fingerprint density at radius 2 is 2.31 bits per heavy atom. The highest BCUT2D eigenvalue weighted by atomic mass is 35.5. The molecule has 0 bridgehead atoms. The van der Waals surface area contributed by atoms with Crippen LogP contribution in [0.25, 0.3) is 0 Å². The van der Waals surface area contributed by atoms with Crippen molar-refractivity contribution in [3.8, 4) is 0 Å². The molecular formula is C12H13ClN2S. The summed E-state index contributed by atoms with van der Waals surface area (Å²) in [4.78, 5) is 5.38. The van der Waals surface area contributed by atoms with E-state index in [0.29, 0.717) is 6.04 Å². The first-order chi connectivity index (χ1) is 7.79. The number of pyridine rings is 1. The fraction of sp³-hybridized carbons (Fsp3) is 0.250. The summed E-state index contributed by atoms with van der Waals surface area (Å²) in [6, 6.07) is 8.37. The zero-order valence-corrected chi connectivity index (χ0v) is 10.6. The maximum absolute atomic E-state index is 5.94. The van der Waals surface area contributed by atoms with Gasteiger partial charge < -0.3 is 5.32 Å². The van der Waals surface area contributed by atoms with E-state index in [2.05, 4.69) is 22.4 Å². The van der Waals surface area contributed by atoms with Crippen LogP contribution in [0.2, 0.25) is 4.34 Å². The van der Waals surface area contributed by atoms with Crippen LogP contribution in [-0.2, 0) is 6.42 Å². The molecule has 0 fully saturated rings. The lowest BCUT2D eigenvalue weighted by atomic mass is 10.1. The van der Waals surface area contributed by atoms with Gasteiger partial charge in [0.25, 0.3) is 0 Å². The van der Waals surface area contributed by atoms with Crippen LogP contribution in [0.5, 0.6) is 0 Å². The van der Waals surface area contributed by atoms with Gasteiger partial charge in [0.2, 0.25) is 0 Å². The maximum atomic E-state index is 5.94. The van der Waals surface area contributed by atoms with E-state index < -0.39 is 0 Å². The minimum Gasteiger partial charge on any atom is -0.312 e. The van der Waals surface area contributed by atoms with Crippen LogP contribution in [0.15, 0.2) is 36.7 Å². The van der Waals surface area contributed by atoms with Crippen LogP contribution < -0.4 is 5.32 Å². The number of aromatic nitrogens is 1. The van der Waals surface area contributed by atoms with Crippen LogP contribution in [0.4, 0.5) is 0 Å². The van der Waals surface area contributed by atoms with Gasteiger partial charge in [0.05, 0.1) is 4.34 Å². The van der Waals surface area contributed by atoms with Crippen molar-refractivity contribution in [1.29, 1.82) is 0 Å². The summed E-state index contributed by atoms with van der Waals surface area (Å²) >= 11 is 7.57. The van der Waals surface area contributed by atoms with Crippen molar-refractivity contribution in [1.82, 2.24) is 10.3 Å². The quantitative estimate of drug-likeness (QED) is 0.903. The first-order valence-corrected chi connectivity index (χ1v) is 6.30. The number of hydrogen-bond donors (Lipinski definition) is 1. The summed E-state index contributed by atoms with van der Waals surface area (Å²) in [6.45, 7) is 0. The van der Waals surface area contributed by atoms with Gasteiger partial charge in [0.15, 0.2) is 0 Å². The van der Waals surface area contributed by atoms with Crippen molar-refractivity contribution in [3.63, 3.8) is 0 Å². The molecule has 0 amide bonds. The number of rotatable bonds is 4. The Bertz CT molecular complexity index is 441. The Hall–Kier alpha value is -0.900. The topological polar surface area (TPSA) is 24.9 Å². The van der Waals surface area contributed by atoms with Crippen molar-refractivity contribution in [2.24, 2.45) is 0 Å². The van der Waals surface area contributed by atoms with E-state index >= 15 is 0 Å². The third kappa shape index (κ3) is 2.82. The van der Waals surface area contributed by atoms with E-state index in [-0.39, 0.29) is 0 Å². The van der Waals surface area contributed by atoms with Crippen LogP contribution in [0.3, 0.4) is 0 Å². The number of nitrogens with one attached hydrogen (secondary N) is 1. The predicted octanol–water partition coefficient (Wildman–Crippen LogP) is 3.30. The molecule has 2 aromatic rings. The number of likely N-dealkylation sites (N-methyl/N-ethyl adjacent to an activating group) is 1. The first kappa shape index (κ1) is 11.6. The third-order valence-electron chi connectivity index (χ3n) is 2.45. The van der Waals surface area contributed by atoms with E-state index in [9.17, 15) is 0 Å². The SMILES string of the molecule is CNC(Cc1cccnc1)c1ccc(Cl)s1. The molecule has 0 aromatic carbocycles. The highest BCUT2D eigenvalue weighted by Gasteiger charge is 2.12. The summed E-state index contributed by atoms with van der Waals surface area (Å²) in [5.41, 5.74) is 1.23. The smallest absolute Gasteiger partial charge is 0.0931 e. The van der Waals surface area contributed by atoms with Crippen molar-refractivity contribution >= 4 is 22.9 Å². The molecule has 2 nitrogen and oxygen atoms in total. The second-order valence-electron chi connectivity index (χ2n) is 3.55. The van der Waals surface area contributed by atoms with Crippen molar-refractivity contribution in [3.05, 3.63) is 51.4 Å². The van der Waals surface area contributed by atoms with Gasteiger partial charge in [-0.1, -0.05) is 17.7 Å². The molecular weight excluding hydrogens is 240 g/mol. The van der Waals surface area contributed by atoms with Crippen LogP contribution in [0.1, 0.15) is 16.5 Å². The molecule has 0 saturated heterocycles. The second kappa shape index (κ2) is 5.43. The normalized spacial score (nSPS) is 12.6. The van der Waals surface area contributed by atoms with Gasteiger partial charge in [0.1, 0.15) is 0 Å². The molecule has 2 aromatic heterocycles. The second-order valence-corrected chi connectivity index (χ2v) is 5.30. The minimum absolute atomic E-state index is 0.307. The molecule has 1 atom stereocenters. The van der Waals surface area contributed by atoms with E-state index in [1.165, 1.54) is 10.4 Å². The average Bonchev–Trinajstić information content (AvgIpc) is 2.74. The van der Waals surface area contributed by atoms with Crippen LogP contribution in [0, 0.1) is 0 Å². The van der Waals surface area contributed by atoms with Crippen molar-refractivity contribution in [2.45, 2.75) is 12.5 Å². The molecule has 0 aliphatic carbocycles. The largest absolute Gasteiger partial charge is 0.312 e. The van der Waals surface area contributed by atoms with E-state index in [1.54, 1.807) is 17.5 Å². The number of hydrogen-bond acceptors (Lipinski definition) is 3. The molecule has 1 unspecified atom stereocenters. The molecule has 0 spiro atoms. The summed E-state index contributed by atoms with van der Waals surface area (Å²) in [6.07, 6.45) is 4.63. The van der Waals surface area contributed by atoms with E-state index in [4.69, 9.17) is 11.6 Å². The lowest BCUT2D eigenvalue weighted by molar-refractivity contribution is 0.601. The summed E-state index contributed by atoms with van der Waals surface area (Å²) in [5, 5.41) is 3.30. The predicted molar refractivity (Wildman–Crippen MR) is 69.1 cm³/mol. The fourth-order valence-electron chi connectivity index (χ4n) is 1.62. The highest BCUT2D eigenvalue weighted by molar-refractivity contribution is 7.16. The lowest BCUT2D eigenvalue weighted by Crippen LogP contribution is -2.17. The lowest BCUT2D eigenvalue weighted by Gasteiger charge is -2.13. The van der Waals surface area contributed by atoms with Gasteiger partial charge in [0, 0.05) is 23.3 Å². The maximum Gasteiger partial charge on any atom is 0.0931 e. The Labute approximate surface area is 104 Å². The molecule has 1 N–H and O–H groups in total. The van der Waals surface area contributed by atoms with Gasteiger partial charge in [-0.2, -0.15) is 0 Å². The zero-order chi connectivity index (χ0) is 11.4. The highest BCUT2D eigenvalue weighted by Crippen LogP contribution is 2.28.